The van der Waals surface area contributed by atoms with Crippen molar-refractivity contribution < 1.29 is 4.74 Å². The molecule has 176 valence electrons. The zero-order chi connectivity index (χ0) is 24.5. The summed E-state index contributed by atoms with van der Waals surface area (Å²) in [5, 5.41) is 16.0. The number of nitrogens with zero attached hydrogens (tertiary/aromatic N) is 4. The van der Waals surface area contributed by atoms with Gasteiger partial charge in [-0.15, -0.1) is 11.3 Å². The quantitative estimate of drug-likeness (QED) is 0.472. The number of nitriles is 1. The Bertz CT molecular complexity index is 1180. The van der Waals surface area contributed by atoms with Crippen molar-refractivity contribution in [3.8, 4) is 6.07 Å². The molecule has 1 heterocycles. The molecule has 2 aromatic rings. The van der Waals surface area contributed by atoms with Crippen LogP contribution < -0.4 is 16.4 Å². The summed E-state index contributed by atoms with van der Waals surface area (Å²) in [6, 6.07) is 9.17. The average Bonchev–Trinajstić information content (AvgIpc) is 3.27. The third kappa shape index (κ3) is 7.07. The Labute approximate surface area is 204 Å². The highest BCUT2D eigenvalue weighted by Crippen LogP contribution is 2.23. The first kappa shape index (κ1) is 24.8. The molecule has 0 unspecified atom stereocenters. The Kier molecular flexibility index (Phi) is 8.62. The molecule has 3 rings (SSSR count). The standard InChI is InChI=1S/C25H29N7OS/c1-5-21-16-28-25(34-21)31-24(27)22-11-10-20(33-13-12-32(3)4)14-23(22)30-17(2)29-19-8-6-18(15-26)7-9-19/h6-11,14,16,29H,2,5,12-13,27H2,1,3-4H3,(H,28,31)/b24-22+,30-23-. The number of allylic oxidation sites excluding steroid dienone is 4. The van der Waals surface area contributed by atoms with Crippen LogP contribution in [0.4, 0.5) is 10.8 Å². The number of nitrogens with two attached hydrogens (primary N) is 1. The summed E-state index contributed by atoms with van der Waals surface area (Å²) in [4.78, 5) is 12.3. The molecule has 34 heavy (non-hydrogen) atoms. The summed E-state index contributed by atoms with van der Waals surface area (Å²) < 4.78 is 5.89. The zero-order valence-corrected chi connectivity index (χ0v) is 20.4. The smallest absolute Gasteiger partial charge is 0.188 e. The van der Waals surface area contributed by atoms with Crippen LogP contribution in [0.5, 0.6) is 0 Å². The molecule has 1 aliphatic rings. The van der Waals surface area contributed by atoms with Gasteiger partial charge < -0.3 is 26.0 Å². The maximum Gasteiger partial charge on any atom is 0.188 e. The first-order valence-corrected chi connectivity index (χ1v) is 11.6. The van der Waals surface area contributed by atoms with Gasteiger partial charge in [0.2, 0.25) is 0 Å². The summed E-state index contributed by atoms with van der Waals surface area (Å²) in [5.41, 5.74) is 9.08. The molecule has 0 spiro atoms. The zero-order valence-electron chi connectivity index (χ0n) is 19.6. The minimum Gasteiger partial charge on any atom is -0.492 e. The molecule has 0 aliphatic heterocycles. The fourth-order valence-corrected chi connectivity index (χ4v) is 3.71. The van der Waals surface area contributed by atoms with Crippen molar-refractivity contribution in [3.05, 3.63) is 88.7 Å². The summed E-state index contributed by atoms with van der Waals surface area (Å²) in [6.07, 6.45) is 8.34. The Hall–Kier alpha value is -3.87. The van der Waals surface area contributed by atoms with Gasteiger partial charge in [-0.3, -0.25) is 0 Å². The third-order valence-corrected chi connectivity index (χ3v) is 5.83. The van der Waals surface area contributed by atoms with Crippen LogP contribution in [0.25, 0.3) is 0 Å². The topological polar surface area (TPSA) is 112 Å². The number of nitrogens with one attached hydrogen (secondary N) is 2. The van der Waals surface area contributed by atoms with E-state index in [1.165, 1.54) is 4.88 Å². The van der Waals surface area contributed by atoms with Crippen molar-refractivity contribution in [2.24, 2.45) is 10.7 Å². The number of hydrogen-bond donors (Lipinski definition) is 3. The van der Waals surface area contributed by atoms with Gasteiger partial charge in [0.15, 0.2) is 5.13 Å². The van der Waals surface area contributed by atoms with E-state index in [-0.39, 0.29) is 0 Å². The number of ether oxygens (including phenoxy) is 1. The maximum absolute atomic E-state index is 8.98. The molecule has 8 nitrogen and oxygen atoms in total. The van der Waals surface area contributed by atoms with Crippen LogP contribution in [-0.2, 0) is 11.2 Å². The Morgan fingerprint density at radius 1 is 1.26 bits per heavy atom. The van der Waals surface area contributed by atoms with Crippen LogP contribution in [0.2, 0.25) is 0 Å². The van der Waals surface area contributed by atoms with Crippen LogP contribution in [0.15, 0.2) is 83.2 Å². The van der Waals surface area contributed by atoms with Crippen LogP contribution in [0.1, 0.15) is 17.4 Å². The fraction of sp³-hybridized carbons (Fsp3) is 0.240. The second-order valence-corrected chi connectivity index (χ2v) is 8.84. The number of benzene rings is 1. The third-order valence-electron chi connectivity index (χ3n) is 4.77. The lowest BCUT2D eigenvalue weighted by Crippen LogP contribution is -2.20. The second-order valence-electron chi connectivity index (χ2n) is 7.73. The van der Waals surface area contributed by atoms with Crippen molar-refractivity contribution >= 4 is 27.9 Å². The number of aliphatic imine (C=N–C) groups is 1. The highest BCUT2D eigenvalue weighted by atomic mass is 32.1. The number of thiazole rings is 1. The average molecular weight is 476 g/mol. The number of rotatable bonds is 10. The molecule has 0 fully saturated rings. The lowest BCUT2D eigenvalue weighted by Gasteiger charge is -2.17. The van der Waals surface area contributed by atoms with E-state index in [1.54, 1.807) is 35.6 Å². The van der Waals surface area contributed by atoms with E-state index in [1.807, 2.05) is 38.5 Å². The molecule has 0 bridgehead atoms. The first-order valence-electron chi connectivity index (χ1n) is 10.8. The molecule has 0 radical (unpaired) electrons. The maximum atomic E-state index is 8.98. The number of aryl methyl sites for hydroxylation is 1. The van der Waals surface area contributed by atoms with Crippen molar-refractivity contribution in [3.63, 3.8) is 0 Å². The van der Waals surface area contributed by atoms with Crippen LogP contribution in [0.3, 0.4) is 0 Å². The summed E-state index contributed by atoms with van der Waals surface area (Å²) in [6.45, 7) is 7.46. The molecule has 4 N–H and O–H groups in total. The first-order chi connectivity index (χ1) is 16.4. The van der Waals surface area contributed by atoms with E-state index in [9.17, 15) is 0 Å². The van der Waals surface area contributed by atoms with E-state index in [2.05, 4.69) is 45.1 Å². The molecular formula is C25H29N7OS. The van der Waals surface area contributed by atoms with E-state index < -0.39 is 0 Å². The lowest BCUT2D eigenvalue weighted by molar-refractivity contribution is 0.193. The number of likely N-dealkylation sites (N-methyl/N-ethyl adjacent to an activating group) is 1. The summed E-state index contributed by atoms with van der Waals surface area (Å²) in [5.74, 6) is 1.54. The Balaban J connectivity index is 1.84. The van der Waals surface area contributed by atoms with Gasteiger partial charge in [0.1, 0.15) is 24.0 Å². The van der Waals surface area contributed by atoms with Crippen molar-refractivity contribution in [2.45, 2.75) is 13.3 Å². The van der Waals surface area contributed by atoms with Crippen molar-refractivity contribution in [1.82, 2.24) is 9.88 Å². The minimum absolute atomic E-state index is 0.423. The van der Waals surface area contributed by atoms with Crippen LogP contribution in [-0.4, -0.2) is 42.8 Å². The van der Waals surface area contributed by atoms with Gasteiger partial charge in [-0.2, -0.15) is 5.26 Å². The van der Waals surface area contributed by atoms with Crippen LogP contribution >= 0.6 is 11.3 Å². The van der Waals surface area contributed by atoms with Gasteiger partial charge in [0, 0.05) is 35.0 Å². The van der Waals surface area contributed by atoms with E-state index in [0.29, 0.717) is 40.9 Å². The molecule has 1 aromatic heterocycles. The summed E-state index contributed by atoms with van der Waals surface area (Å²) >= 11 is 1.56. The highest BCUT2D eigenvalue weighted by Gasteiger charge is 2.15. The number of hydrogen-bond acceptors (Lipinski definition) is 9. The molecule has 1 aliphatic carbocycles. The van der Waals surface area contributed by atoms with E-state index in [0.717, 1.165) is 23.8 Å². The molecule has 0 saturated heterocycles. The predicted molar refractivity (Wildman–Crippen MR) is 139 cm³/mol. The van der Waals surface area contributed by atoms with Gasteiger partial charge in [-0.1, -0.05) is 13.5 Å². The number of aromatic nitrogens is 1. The van der Waals surface area contributed by atoms with E-state index >= 15 is 0 Å². The van der Waals surface area contributed by atoms with E-state index in [4.69, 9.17) is 15.7 Å². The van der Waals surface area contributed by atoms with Crippen LogP contribution in [0, 0.1) is 11.3 Å². The molecule has 0 saturated carbocycles. The second kappa shape index (κ2) is 11.8. The Morgan fingerprint density at radius 2 is 2.03 bits per heavy atom. The van der Waals surface area contributed by atoms with Gasteiger partial charge in [-0.05, 0) is 56.9 Å². The minimum atomic E-state index is 0.423. The van der Waals surface area contributed by atoms with Crippen molar-refractivity contribution in [1.29, 1.82) is 5.26 Å². The summed E-state index contributed by atoms with van der Waals surface area (Å²) in [7, 11) is 3.99. The lowest BCUT2D eigenvalue weighted by atomic mass is 10.0. The predicted octanol–water partition coefficient (Wildman–Crippen LogP) is 4.22. The molecule has 0 amide bonds. The van der Waals surface area contributed by atoms with Gasteiger partial charge in [0.25, 0.3) is 0 Å². The molecular weight excluding hydrogens is 446 g/mol. The SMILES string of the molecule is C=C(/N=C1/C=C(OCCN(C)C)C=C/C1=C(/N)Nc1ncc(CC)s1)Nc1ccc(C#N)cc1. The van der Waals surface area contributed by atoms with Gasteiger partial charge in [0.05, 0.1) is 17.3 Å². The van der Waals surface area contributed by atoms with Crippen molar-refractivity contribution in [2.75, 3.05) is 37.9 Å². The van der Waals surface area contributed by atoms with Gasteiger partial charge in [-0.25, -0.2) is 9.98 Å². The normalized spacial score (nSPS) is 15.6. The molecule has 0 atom stereocenters. The number of anilines is 2. The highest BCUT2D eigenvalue weighted by molar-refractivity contribution is 7.15. The fourth-order valence-electron chi connectivity index (χ4n) is 2.95. The Morgan fingerprint density at radius 3 is 2.68 bits per heavy atom. The largest absolute Gasteiger partial charge is 0.492 e. The molecule has 1 aromatic carbocycles. The molecule has 9 heteroatoms. The van der Waals surface area contributed by atoms with Gasteiger partial charge >= 0.3 is 0 Å². The monoisotopic (exact) mass is 475 g/mol.